The van der Waals surface area contributed by atoms with Gasteiger partial charge in [0.2, 0.25) is 5.91 Å². The van der Waals surface area contributed by atoms with Gasteiger partial charge in [-0.15, -0.1) is 12.4 Å². The molecule has 1 amide bonds. The first kappa shape index (κ1) is 18.9. The van der Waals surface area contributed by atoms with Crippen LogP contribution < -0.4 is 11.1 Å². The zero-order valence-corrected chi connectivity index (χ0v) is 13.9. The van der Waals surface area contributed by atoms with Crippen LogP contribution in [0.15, 0.2) is 28.7 Å². The molecule has 0 radical (unpaired) electrons. The van der Waals surface area contributed by atoms with Crippen LogP contribution in [0.3, 0.4) is 0 Å². The Morgan fingerprint density at radius 3 is 2.52 bits per heavy atom. The van der Waals surface area contributed by atoms with Gasteiger partial charge in [0.05, 0.1) is 17.0 Å². The van der Waals surface area contributed by atoms with Crippen molar-refractivity contribution in [1.82, 2.24) is 5.32 Å². The van der Waals surface area contributed by atoms with Gasteiger partial charge >= 0.3 is 0 Å². The molecule has 0 saturated carbocycles. The van der Waals surface area contributed by atoms with Crippen LogP contribution in [0.5, 0.6) is 0 Å². The monoisotopic (exact) mass is 341 g/mol. The maximum absolute atomic E-state index is 12.0. The van der Waals surface area contributed by atoms with Gasteiger partial charge in [-0.2, -0.15) is 0 Å². The number of carbonyl (C=O) groups is 1. The van der Waals surface area contributed by atoms with E-state index < -0.39 is 11.0 Å². The van der Waals surface area contributed by atoms with Crippen molar-refractivity contribution in [3.63, 3.8) is 0 Å². The Bertz CT molecular complexity index is 714. The summed E-state index contributed by atoms with van der Waals surface area (Å²) in [5.74, 6) is 0.305. The zero-order valence-electron chi connectivity index (χ0n) is 13.1. The zero-order chi connectivity index (χ0) is 16.4. The van der Waals surface area contributed by atoms with Crippen molar-refractivity contribution < 1.29 is 14.1 Å². The van der Waals surface area contributed by atoms with E-state index in [1.165, 1.54) is 12.1 Å². The number of nitrogens with zero attached hydrogens (tertiary/aromatic N) is 1. The topological polar surface area (TPSA) is 111 Å². The molecule has 2 rings (SSSR count). The van der Waals surface area contributed by atoms with Crippen molar-refractivity contribution >= 4 is 35.0 Å². The number of furan rings is 1. The van der Waals surface area contributed by atoms with Crippen molar-refractivity contribution in [2.75, 3.05) is 0 Å². The lowest BCUT2D eigenvalue weighted by atomic mass is 10.0. The smallest absolute Gasteiger partial charge is 0.270 e. The Balaban J connectivity index is 0.00000264. The molecule has 1 unspecified atom stereocenters. The highest BCUT2D eigenvalue weighted by molar-refractivity contribution is 5.85. The highest BCUT2D eigenvalue weighted by Crippen LogP contribution is 2.27. The molecule has 23 heavy (non-hydrogen) atoms. The third kappa shape index (κ3) is 4.20. The van der Waals surface area contributed by atoms with Crippen LogP contribution in [0.2, 0.25) is 0 Å². The van der Waals surface area contributed by atoms with Crippen LogP contribution in [0.25, 0.3) is 11.0 Å². The number of nitrogens with one attached hydrogen (secondary N) is 1. The summed E-state index contributed by atoms with van der Waals surface area (Å²) in [5.41, 5.74) is 6.33. The molecular weight excluding hydrogens is 322 g/mol. The van der Waals surface area contributed by atoms with E-state index in [0.717, 1.165) is 0 Å². The normalized spacial score (nSPS) is 13.4. The highest BCUT2D eigenvalue weighted by Gasteiger charge is 2.21. The van der Waals surface area contributed by atoms with Gasteiger partial charge in [-0.3, -0.25) is 14.9 Å². The Labute approximate surface area is 139 Å². The number of nitro groups is 1. The third-order valence-corrected chi connectivity index (χ3v) is 3.54. The van der Waals surface area contributed by atoms with E-state index in [-0.39, 0.29) is 36.0 Å². The number of benzene rings is 1. The molecule has 0 aliphatic heterocycles. The maximum atomic E-state index is 12.0. The van der Waals surface area contributed by atoms with Gasteiger partial charge in [-0.05, 0) is 25.0 Å². The van der Waals surface area contributed by atoms with E-state index in [4.69, 9.17) is 10.2 Å². The number of hydrogen-bond acceptors (Lipinski definition) is 5. The van der Waals surface area contributed by atoms with E-state index in [9.17, 15) is 14.9 Å². The number of nitrogens with two attached hydrogens (primary N) is 1. The fourth-order valence-electron chi connectivity index (χ4n) is 2.06. The molecule has 0 spiro atoms. The molecule has 7 nitrogen and oxygen atoms in total. The summed E-state index contributed by atoms with van der Waals surface area (Å²) in [5, 5.41) is 14.2. The first-order chi connectivity index (χ1) is 10.3. The van der Waals surface area contributed by atoms with Gasteiger partial charge in [0.1, 0.15) is 11.3 Å². The standard InChI is InChI=1S/C15H19N3O4.ClH/c1-8(2)14(16)15(19)17-9(3)13-7-10-6-11(18(20)21)4-5-12(10)22-13;/h4-9,14H,16H2,1-3H3,(H,17,19);1H/t9?,14-;/m0./s1. The second-order valence-corrected chi connectivity index (χ2v) is 5.63. The predicted molar refractivity (Wildman–Crippen MR) is 89.5 cm³/mol. The quantitative estimate of drug-likeness (QED) is 0.641. The SMILES string of the molecule is CC(NC(=O)[C@@H](N)C(C)C)c1cc2cc([N+](=O)[O-])ccc2o1.Cl. The number of halogens is 1. The Morgan fingerprint density at radius 2 is 1.96 bits per heavy atom. The Hall–Kier alpha value is -2.12. The number of amides is 1. The molecule has 0 fully saturated rings. The van der Waals surface area contributed by atoms with Gasteiger partial charge in [0, 0.05) is 17.5 Å². The first-order valence-electron chi connectivity index (χ1n) is 7.03. The fourth-order valence-corrected chi connectivity index (χ4v) is 2.06. The lowest BCUT2D eigenvalue weighted by molar-refractivity contribution is -0.384. The van der Waals surface area contributed by atoms with E-state index in [1.807, 2.05) is 13.8 Å². The number of fused-ring (bicyclic) bond motifs is 1. The van der Waals surface area contributed by atoms with Gasteiger partial charge in [0.25, 0.3) is 5.69 Å². The average molecular weight is 342 g/mol. The summed E-state index contributed by atoms with van der Waals surface area (Å²) in [6.07, 6.45) is 0. The maximum Gasteiger partial charge on any atom is 0.270 e. The van der Waals surface area contributed by atoms with Gasteiger partial charge < -0.3 is 15.5 Å². The molecule has 1 aromatic heterocycles. The number of nitro benzene ring substituents is 1. The molecule has 0 aliphatic rings. The van der Waals surface area contributed by atoms with Gasteiger partial charge in [-0.1, -0.05) is 13.8 Å². The second-order valence-electron chi connectivity index (χ2n) is 5.63. The summed E-state index contributed by atoms with van der Waals surface area (Å²) in [6.45, 7) is 5.52. The minimum Gasteiger partial charge on any atom is -0.459 e. The molecule has 1 heterocycles. The summed E-state index contributed by atoms with van der Waals surface area (Å²) in [6, 6.07) is 5.10. The minimum atomic E-state index is -0.590. The number of carbonyl (C=O) groups excluding carboxylic acids is 1. The lowest BCUT2D eigenvalue weighted by Gasteiger charge is -2.18. The van der Waals surface area contributed by atoms with Crippen LogP contribution in [0, 0.1) is 16.0 Å². The number of non-ortho nitro benzene ring substituents is 1. The highest BCUT2D eigenvalue weighted by atomic mass is 35.5. The summed E-state index contributed by atoms with van der Waals surface area (Å²) in [7, 11) is 0. The first-order valence-corrected chi connectivity index (χ1v) is 7.03. The number of hydrogen-bond donors (Lipinski definition) is 2. The van der Waals surface area contributed by atoms with Crippen molar-refractivity contribution in [1.29, 1.82) is 0 Å². The molecule has 0 bridgehead atoms. The second kappa shape index (κ2) is 7.43. The van der Waals surface area contributed by atoms with E-state index in [1.54, 1.807) is 19.1 Å². The molecule has 2 atom stereocenters. The predicted octanol–water partition coefficient (Wildman–Crippen LogP) is 2.92. The van der Waals surface area contributed by atoms with E-state index in [0.29, 0.717) is 16.7 Å². The lowest BCUT2D eigenvalue weighted by Crippen LogP contribution is -2.44. The van der Waals surface area contributed by atoms with Crippen molar-refractivity contribution in [2.24, 2.45) is 11.7 Å². The fraction of sp³-hybridized carbons (Fsp3) is 0.400. The minimum absolute atomic E-state index is 0. The molecule has 126 valence electrons. The molecule has 8 heteroatoms. The van der Waals surface area contributed by atoms with Crippen LogP contribution in [-0.4, -0.2) is 16.9 Å². The third-order valence-electron chi connectivity index (χ3n) is 3.54. The van der Waals surface area contributed by atoms with Crippen LogP contribution in [0.4, 0.5) is 5.69 Å². The molecule has 1 aromatic carbocycles. The van der Waals surface area contributed by atoms with Gasteiger partial charge in [0.15, 0.2) is 0 Å². The molecule has 0 saturated heterocycles. The molecule has 0 aliphatic carbocycles. The summed E-state index contributed by atoms with van der Waals surface area (Å²) < 4.78 is 5.63. The molecule has 3 N–H and O–H groups in total. The molecular formula is C15H20ClN3O4. The van der Waals surface area contributed by atoms with E-state index >= 15 is 0 Å². The number of rotatable bonds is 5. The van der Waals surface area contributed by atoms with Crippen molar-refractivity contribution in [2.45, 2.75) is 32.9 Å². The largest absolute Gasteiger partial charge is 0.459 e. The van der Waals surface area contributed by atoms with E-state index in [2.05, 4.69) is 5.32 Å². The Kier molecular flexibility index (Phi) is 6.12. The van der Waals surface area contributed by atoms with Crippen molar-refractivity contribution in [3.8, 4) is 0 Å². The van der Waals surface area contributed by atoms with Crippen LogP contribution in [0.1, 0.15) is 32.6 Å². The summed E-state index contributed by atoms with van der Waals surface area (Å²) in [4.78, 5) is 22.3. The summed E-state index contributed by atoms with van der Waals surface area (Å²) >= 11 is 0. The Morgan fingerprint density at radius 1 is 1.30 bits per heavy atom. The van der Waals surface area contributed by atoms with Crippen LogP contribution in [-0.2, 0) is 4.79 Å². The van der Waals surface area contributed by atoms with Crippen molar-refractivity contribution in [3.05, 3.63) is 40.1 Å². The average Bonchev–Trinajstić information content (AvgIpc) is 2.88. The van der Waals surface area contributed by atoms with Crippen LogP contribution >= 0.6 is 12.4 Å². The van der Waals surface area contributed by atoms with Gasteiger partial charge in [-0.25, -0.2) is 0 Å². The molecule has 2 aromatic rings.